The van der Waals surface area contributed by atoms with Crippen molar-refractivity contribution < 1.29 is 9.84 Å². The minimum Gasteiger partial charge on any atom is -0.495 e. The summed E-state index contributed by atoms with van der Waals surface area (Å²) < 4.78 is 5.19. The van der Waals surface area contributed by atoms with Crippen LogP contribution < -0.4 is 4.74 Å². The van der Waals surface area contributed by atoms with Crippen LogP contribution in [0.1, 0.15) is 24.2 Å². The van der Waals surface area contributed by atoms with Crippen molar-refractivity contribution >= 4 is 11.6 Å². The molecule has 0 unspecified atom stereocenters. The first-order chi connectivity index (χ1) is 9.58. The normalized spacial score (nSPS) is 11.8. The number of pyridine rings is 1. The maximum atomic E-state index is 9.88. The van der Waals surface area contributed by atoms with Gasteiger partial charge in [0.15, 0.2) is 0 Å². The van der Waals surface area contributed by atoms with E-state index in [9.17, 15) is 5.11 Å². The van der Waals surface area contributed by atoms with Crippen molar-refractivity contribution in [3.63, 3.8) is 0 Å². The average Bonchev–Trinajstić information content (AvgIpc) is 2.45. The zero-order valence-corrected chi connectivity index (χ0v) is 11.8. The topological polar surface area (TPSA) is 66.1 Å². The van der Waals surface area contributed by atoms with Crippen molar-refractivity contribution in [2.75, 3.05) is 7.11 Å². The summed E-state index contributed by atoms with van der Waals surface area (Å²) in [6, 6.07) is 7.24. The number of hydrogen-bond acceptors (Lipinski definition) is 4. The number of aromatic nitrogens is 1. The van der Waals surface area contributed by atoms with Gasteiger partial charge in [0.2, 0.25) is 0 Å². The highest BCUT2D eigenvalue weighted by Crippen LogP contribution is 2.35. The Balaban J connectivity index is 2.64. The molecule has 1 heterocycles. The van der Waals surface area contributed by atoms with E-state index in [1.807, 2.05) is 0 Å². The fourth-order valence-electron chi connectivity index (χ4n) is 2.05. The highest BCUT2D eigenvalue weighted by atomic mass is 35.5. The van der Waals surface area contributed by atoms with Crippen LogP contribution in [-0.2, 0) is 0 Å². The van der Waals surface area contributed by atoms with E-state index in [-0.39, 0.29) is 0 Å². The van der Waals surface area contributed by atoms with Gasteiger partial charge in [0.1, 0.15) is 11.8 Å². The summed E-state index contributed by atoms with van der Waals surface area (Å²) in [7, 11) is 1.51. The van der Waals surface area contributed by atoms with Crippen molar-refractivity contribution in [2.45, 2.75) is 13.0 Å². The van der Waals surface area contributed by atoms with Gasteiger partial charge in [-0.05, 0) is 24.6 Å². The predicted octanol–water partition coefficient (Wildman–Crippen LogP) is 3.34. The van der Waals surface area contributed by atoms with Crippen LogP contribution in [-0.4, -0.2) is 17.2 Å². The summed E-state index contributed by atoms with van der Waals surface area (Å²) in [5, 5.41) is 19.3. The minimum atomic E-state index is -0.720. The summed E-state index contributed by atoms with van der Waals surface area (Å²) in [5.41, 5.74) is 2.56. The summed E-state index contributed by atoms with van der Waals surface area (Å²) in [6.07, 6.45) is 2.41. The summed E-state index contributed by atoms with van der Waals surface area (Å²) in [4.78, 5) is 4.05. The molecule has 1 N–H and O–H groups in total. The van der Waals surface area contributed by atoms with Gasteiger partial charge in [0.05, 0.1) is 23.8 Å². The second kappa shape index (κ2) is 5.91. The number of rotatable bonds is 3. The Morgan fingerprint density at radius 1 is 1.40 bits per heavy atom. The molecule has 5 heteroatoms. The van der Waals surface area contributed by atoms with Crippen LogP contribution in [0.25, 0.3) is 11.1 Å². The Labute approximate surface area is 122 Å². The summed E-state index contributed by atoms with van der Waals surface area (Å²) >= 11 is 6.10. The Morgan fingerprint density at radius 3 is 2.75 bits per heavy atom. The van der Waals surface area contributed by atoms with Gasteiger partial charge in [0, 0.05) is 23.5 Å². The molecule has 0 amide bonds. The zero-order chi connectivity index (χ0) is 14.7. The van der Waals surface area contributed by atoms with Crippen LogP contribution in [0.15, 0.2) is 30.6 Å². The van der Waals surface area contributed by atoms with Crippen molar-refractivity contribution in [3.05, 3.63) is 46.7 Å². The van der Waals surface area contributed by atoms with Crippen molar-refractivity contribution in [3.8, 4) is 22.9 Å². The molecule has 0 aliphatic carbocycles. The first kappa shape index (κ1) is 14.3. The predicted molar refractivity (Wildman–Crippen MR) is 76.6 cm³/mol. The van der Waals surface area contributed by atoms with Crippen molar-refractivity contribution in [1.82, 2.24) is 4.98 Å². The van der Waals surface area contributed by atoms with Gasteiger partial charge in [-0.15, -0.1) is 0 Å². The lowest BCUT2D eigenvalue weighted by Crippen LogP contribution is -1.98. The molecule has 1 aromatic carbocycles. The van der Waals surface area contributed by atoms with E-state index in [1.165, 1.54) is 13.3 Å². The molecule has 2 rings (SSSR count). The monoisotopic (exact) mass is 288 g/mol. The van der Waals surface area contributed by atoms with Crippen LogP contribution in [0.4, 0.5) is 0 Å². The van der Waals surface area contributed by atoms with E-state index in [0.717, 1.165) is 11.1 Å². The molecule has 2 aromatic rings. The Kier molecular flexibility index (Phi) is 4.23. The maximum Gasteiger partial charge on any atom is 0.137 e. The molecule has 0 saturated heterocycles. The van der Waals surface area contributed by atoms with Gasteiger partial charge in [-0.1, -0.05) is 17.7 Å². The van der Waals surface area contributed by atoms with E-state index in [0.29, 0.717) is 21.9 Å². The first-order valence-electron chi connectivity index (χ1n) is 5.98. The van der Waals surface area contributed by atoms with E-state index in [4.69, 9.17) is 21.6 Å². The smallest absolute Gasteiger partial charge is 0.137 e. The number of aliphatic hydroxyl groups is 1. The Hall–Kier alpha value is -2.09. The largest absolute Gasteiger partial charge is 0.495 e. The van der Waals surface area contributed by atoms with E-state index < -0.39 is 6.10 Å². The molecule has 0 aliphatic rings. The number of ether oxygens (including phenoxy) is 1. The lowest BCUT2D eigenvalue weighted by molar-refractivity contribution is 0.200. The van der Waals surface area contributed by atoms with Gasteiger partial charge >= 0.3 is 0 Å². The number of hydrogen-bond donors (Lipinski definition) is 1. The van der Waals surface area contributed by atoms with Gasteiger partial charge in [0.25, 0.3) is 0 Å². The van der Waals surface area contributed by atoms with Crippen LogP contribution in [0, 0.1) is 11.3 Å². The van der Waals surface area contributed by atoms with Crippen LogP contribution in [0.5, 0.6) is 5.75 Å². The van der Waals surface area contributed by atoms with Crippen LogP contribution in [0.3, 0.4) is 0 Å². The molecule has 0 radical (unpaired) electrons. The SMILES string of the molecule is COc1cc(-c2cncc(Cl)c2[C@H](C)O)ccc1C#N. The molecule has 0 fully saturated rings. The number of methoxy groups -OCH3 is 1. The van der Waals surface area contributed by atoms with Gasteiger partial charge in [-0.3, -0.25) is 4.98 Å². The maximum absolute atomic E-state index is 9.88. The van der Waals surface area contributed by atoms with E-state index >= 15 is 0 Å². The molecule has 102 valence electrons. The molecular formula is C15H13ClN2O2. The van der Waals surface area contributed by atoms with E-state index in [2.05, 4.69) is 11.1 Å². The molecule has 0 saturated carbocycles. The molecule has 0 spiro atoms. The molecule has 1 atom stereocenters. The highest BCUT2D eigenvalue weighted by molar-refractivity contribution is 6.31. The van der Waals surface area contributed by atoms with Gasteiger partial charge in [-0.25, -0.2) is 0 Å². The molecular weight excluding hydrogens is 276 g/mol. The lowest BCUT2D eigenvalue weighted by atomic mass is 9.97. The molecule has 0 bridgehead atoms. The number of halogens is 1. The second-order valence-electron chi connectivity index (χ2n) is 4.29. The molecule has 4 nitrogen and oxygen atoms in total. The average molecular weight is 289 g/mol. The highest BCUT2D eigenvalue weighted by Gasteiger charge is 2.15. The van der Waals surface area contributed by atoms with Gasteiger partial charge < -0.3 is 9.84 Å². The van der Waals surface area contributed by atoms with Crippen molar-refractivity contribution in [1.29, 1.82) is 5.26 Å². The third kappa shape index (κ3) is 2.60. The number of nitriles is 1. The third-order valence-electron chi connectivity index (χ3n) is 2.99. The quantitative estimate of drug-likeness (QED) is 0.941. The van der Waals surface area contributed by atoms with E-state index in [1.54, 1.807) is 31.3 Å². The molecule has 0 aliphatic heterocycles. The van der Waals surface area contributed by atoms with Crippen molar-refractivity contribution in [2.24, 2.45) is 0 Å². The fraction of sp³-hybridized carbons (Fsp3) is 0.200. The Morgan fingerprint density at radius 2 is 2.15 bits per heavy atom. The molecule has 20 heavy (non-hydrogen) atoms. The third-order valence-corrected chi connectivity index (χ3v) is 3.29. The van der Waals surface area contributed by atoms with Gasteiger partial charge in [-0.2, -0.15) is 5.26 Å². The first-order valence-corrected chi connectivity index (χ1v) is 6.36. The number of nitrogens with zero attached hydrogens (tertiary/aromatic N) is 2. The number of aliphatic hydroxyl groups excluding tert-OH is 1. The minimum absolute atomic E-state index is 0.404. The lowest BCUT2D eigenvalue weighted by Gasteiger charge is -2.14. The van der Waals surface area contributed by atoms with Crippen LogP contribution >= 0.6 is 11.6 Å². The zero-order valence-electron chi connectivity index (χ0n) is 11.1. The van der Waals surface area contributed by atoms with Crippen LogP contribution in [0.2, 0.25) is 5.02 Å². The summed E-state index contributed by atoms with van der Waals surface area (Å²) in [5.74, 6) is 0.474. The molecule has 1 aromatic heterocycles. The standard InChI is InChI=1S/C15H13ClN2O2/c1-9(19)15-12(7-18-8-13(15)16)10-3-4-11(6-17)14(5-10)20-2/h3-5,7-9,19H,1-2H3/t9-/m0/s1. The Bertz CT molecular complexity index is 678. The summed E-state index contributed by atoms with van der Waals surface area (Å²) in [6.45, 7) is 1.64. The fourth-order valence-corrected chi connectivity index (χ4v) is 2.37. The second-order valence-corrected chi connectivity index (χ2v) is 4.69. The number of benzene rings is 1.